The summed E-state index contributed by atoms with van der Waals surface area (Å²) in [6.45, 7) is 6.82. The monoisotopic (exact) mass is 792 g/mol. The van der Waals surface area contributed by atoms with E-state index in [4.69, 9.17) is 4.98 Å². The van der Waals surface area contributed by atoms with Crippen molar-refractivity contribution in [3.8, 4) is 61.6 Å². The van der Waals surface area contributed by atoms with Crippen LogP contribution in [0.25, 0.3) is 105 Å². The Balaban J connectivity index is 1.12. The van der Waals surface area contributed by atoms with Gasteiger partial charge in [0.25, 0.3) is 0 Å². The lowest BCUT2D eigenvalue weighted by Gasteiger charge is -2.28. The molecule has 0 unspecified atom stereocenters. The van der Waals surface area contributed by atoms with E-state index in [9.17, 15) is 0 Å². The molecule has 0 saturated carbocycles. The predicted octanol–water partition coefficient (Wildman–Crippen LogP) is 16.0. The number of rotatable bonds is 5. The average Bonchev–Trinajstić information content (AvgIpc) is 3.73. The summed E-state index contributed by atoms with van der Waals surface area (Å²) in [5.41, 5.74) is 18.5. The highest BCUT2D eigenvalue weighted by atomic mass is 15.1. The van der Waals surface area contributed by atoms with Crippen molar-refractivity contribution in [3.05, 3.63) is 217 Å². The number of nitrogens with zero attached hydrogens (tertiary/aromatic N) is 2. The van der Waals surface area contributed by atoms with E-state index in [1.807, 2.05) is 0 Å². The molecule has 2 heteroatoms. The summed E-state index contributed by atoms with van der Waals surface area (Å²) in [5.74, 6) is 0.929. The van der Waals surface area contributed by atoms with Gasteiger partial charge in [-0.15, -0.1) is 0 Å². The second-order valence-corrected chi connectivity index (χ2v) is 17.9. The lowest BCUT2D eigenvalue weighted by Crippen LogP contribution is -2.11. The molecule has 0 atom stereocenters. The smallest absolute Gasteiger partial charge is 0.145 e. The maximum atomic E-state index is 5.59. The summed E-state index contributed by atoms with van der Waals surface area (Å²) in [5, 5.41) is 7.47. The molecule has 0 spiro atoms. The first-order valence-corrected chi connectivity index (χ1v) is 21.8. The minimum atomic E-state index is 0.0443. The van der Waals surface area contributed by atoms with Crippen LogP contribution in [0.5, 0.6) is 0 Å². The first kappa shape index (κ1) is 36.3. The molecule has 1 aliphatic carbocycles. The Morgan fingerprint density at radius 3 is 1.73 bits per heavy atom. The highest BCUT2D eigenvalue weighted by molar-refractivity contribution is 6.24. The van der Waals surface area contributed by atoms with Gasteiger partial charge in [-0.1, -0.05) is 203 Å². The van der Waals surface area contributed by atoms with E-state index in [-0.39, 0.29) is 5.41 Å². The number of hydrogen-bond acceptors (Lipinski definition) is 1. The van der Waals surface area contributed by atoms with Gasteiger partial charge in [0.2, 0.25) is 0 Å². The van der Waals surface area contributed by atoms with Crippen LogP contribution in [0.2, 0.25) is 0 Å². The summed E-state index contributed by atoms with van der Waals surface area (Å²) in [6, 6.07) is 73.9. The van der Waals surface area contributed by atoms with Gasteiger partial charge in [0.05, 0.1) is 11.0 Å². The highest BCUT2D eigenvalue weighted by Crippen LogP contribution is 2.51. The Hall–Kier alpha value is -7.55. The molecular formula is C60H44N2. The second-order valence-electron chi connectivity index (χ2n) is 17.9. The molecule has 1 aromatic heterocycles. The number of imidazole rings is 1. The predicted molar refractivity (Wildman–Crippen MR) is 262 cm³/mol. The van der Waals surface area contributed by atoms with Crippen molar-refractivity contribution in [1.29, 1.82) is 0 Å². The lowest BCUT2D eigenvalue weighted by atomic mass is 9.74. The van der Waals surface area contributed by atoms with Crippen LogP contribution in [0, 0.1) is 0 Å². The normalized spacial score (nSPS) is 12.4. The Labute approximate surface area is 362 Å². The first-order valence-electron chi connectivity index (χ1n) is 21.8. The minimum Gasteiger partial charge on any atom is -0.292 e. The fourth-order valence-corrected chi connectivity index (χ4v) is 10.2. The van der Waals surface area contributed by atoms with Crippen LogP contribution in [0.4, 0.5) is 0 Å². The molecule has 0 bridgehead atoms. The molecule has 0 amide bonds. The van der Waals surface area contributed by atoms with Gasteiger partial charge in [0.15, 0.2) is 0 Å². The van der Waals surface area contributed by atoms with Crippen molar-refractivity contribution >= 4 is 43.4 Å². The SMILES string of the molecule is CC(C)(C)c1ccc(-n2c(-c3ccc(-c4cc(-c5ccccc5)c5c(c4-c4ccccc4)-c4cccc6cccc(c46)C5)cc3)nc3c4ccccc4c4ccccc4c32)cc1. The molecule has 1 heterocycles. The largest absolute Gasteiger partial charge is 0.292 e. The molecular weight excluding hydrogens is 749 g/mol. The van der Waals surface area contributed by atoms with E-state index in [1.165, 1.54) is 88.1 Å². The van der Waals surface area contributed by atoms with Crippen LogP contribution in [-0.4, -0.2) is 9.55 Å². The highest BCUT2D eigenvalue weighted by Gasteiger charge is 2.28. The zero-order valence-corrected chi connectivity index (χ0v) is 35.2. The van der Waals surface area contributed by atoms with E-state index < -0.39 is 0 Å². The molecule has 62 heavy (non-hydrogen) atoms. The van der Waals surface area contributed by atoms with Crippen LogP contribution in [0.3, 0.4) is 0 Å². The Kier molecular flexibility index (Phi) is 8.21. The summed E-state index contributed by atoms with van der Waals surface area (Å²) in [6.07, 6.45) is 0.878. The van der Waals surface area contributed by atoms with Gasteiger partial charge in [0, 0.05) is 22.0 Å². The molecule has 11 aromatic rings. The fourth-order valence-electron chi connectivity index (χ4n) is 10.2. The van der Waals surface area contributed by atoms with Gasteiger partial charge in [-0.3, -0.25) is 4.57 Å². The standard InChI is InChI=1S/C60H44N2/c1-60(2,3)44-32-34-45(35-33-44)62-58-49-26-13-11-24-47(49)46-23-10-12-25-48(46)57(58)61-59(62)42-30-28-39(29-31-42)52-37-51(38-16-6-4-7-17-38)53-36-43-22-14-20-40-21-15-27-50(54(40)43)56(53)55(52)41-18-8-5-9-19-41/h4-35,37H,36H2,1-3H3. The first-order chi connectivity index (χ1) is 30.4. The summed E-state index contributed by atoms with van der Waals surface area (Å²) in [7, 11) is 0. The Bertz CT molecular complexity index is 3530. The van der Waals surface area contributed by atoms with Gasteiger partial charge < -0.3 is 0 Å². The Morgan fingerprint density at radius 2 is 1.03 bits per heavy atom. The van der Waals surface area contributed by atoms with Crippen LogP contribution in [0.15, 0.2) is 200 Å². The van der Waals surface area contributed by atoms with Crippen LogP contribution in [0.1, 0.15) is 37.5 Å². The third-order valence-electron chi connectivity index (χ3n) is 13.2. The molecule has 2 nitrogen and oxygen atoms in total. The van der Waals surface area contributed by atoms with Gasteiger partial charge in [-0.25, -0.2) is 4.98 Å². The van der Waals surface area contributed by atoms with Gasteiger partial charge in [0.1, 0.15) is 5.82 Å². The summed E-state index contributed by atoms with van der Waals surface area (Å²) in [4.78, 5) is 5.59. The van der Waals surface area contributed by atoms with Crippen LogP contribution < -0.4 is 0 Å². The maximum Gasteiger partial charge on any atom is 0.145 e. The summed E-state index contributed by atoms with van der Waals surface area (Å²) >= 11 is 0. The van der Waals surface area contributed by atoms with Crippen molar-refractivity contribution in [3.63, 3.8) is 0 Å². The molecule has 0 fully saturated rings. The third kappa shape index (κ3) is 5.67. The van der Waals surface area contributed by atoms with E-state index in [0.717, 1.165) is 39.9 Å². The zero-order chi connectivity index (χ0) is 41.5. The molecule has 0 N–H and O–H groups in total. The van der Waals surface area contributed by atoms with Crippen LogP contribution >= 0.6 is 0 Å². The van der Waals surface area contributed by atoms with Crippen molar-refractivity contribution in [1.82, 2.24) is 9.55 Å². The quantitative estimate of drug-likeness (QED) is 0.159. The Morgan fingerprint density at radius 1 is 0.452 bits per heavy atom. The minimum absolute atomic E-state index is 0.0443. The number of hydrogen-bond donors (Lipinski definition) is 0. The zero-order valence-electron chi connectivity index (χ0n) is 35.2. The van der Waals surface area contributed by atoms with Gasteiger partial charge >= 0.3 is 0 Å². The van der Waals surface area contributed by atoms with Crippen molar-refractivity contribution in [2.75, 3.05) is 0 Å². The molecule has 12 rings (SSSR count). The maximum absolute atomic E-state index is 5.59. The van der Waals surface area contributed by atoms with E-state index >= 15 is 0 Å². The number of aromatic nitrogens is 2. The van der Waals surface area contributed by atoms with E-state index in [1.54, 1.807) is 0 Å². The molecule has 0 aliphatic heterocycles. The van der Waals surface area contributed by atoms with Crippen LogP contribution in [-0.2, 0) is 11.8 Å². The second kappa shape index (κ2) is 14.0. The van der Waals surface area contributed by atoms with Gasteiger partial charge in [-0.05, 0) is 113 Å². The van der Waals surface area contributed by atoms with E-state index in [2.05, 4.69) is 226 Å². The topological polar surface area (TPSA) is 17.8 Å². The molecule has 294 valence electrons. The third-order valence-corrected chi connectivity index (χ3v) is 13.2. The van der Waals surface area contributed by atoms with Crippen molar-refractivity contribution in [2.24, 2.45) is 0 Å². The van der Waals surface area contributed by atoms with Crippen molar-refractivity contribution < 1.29 is 0 Å². The number of fused-ring (bicyclic) bond motifs is 8. The number of benzene rings is 10. The lowest BCUT2D eigenvalue weighted by molar-refractivity contribution is 0.590. The van der Waals surface area contributed by atoms with Crippen molar-refractivity contribution in [2.45, 2.75) is 32.6 Å². The molecule has 0 radical (unpaired) electrons. The summed E-state index contributed by atoms with van der Waals surface area (Å²) < 4.78 is 2.39. The van der Waals surface area contributed by atoms with E-state index in [0.29, 0.717) is 0 Å². The fraction of sp³-hybridized carbons (Fsp3) is 0.0833. The molecule has 0 saturated heterocycles. The molecule has 1 aliphatic rings. The molecule has 10 aromatic carbocycles. The average molecular weight is 793 g/mol. The van der Waals surface area contributed by atoms with Gasteiger partial charge in [-0.2, -0.15) is 0 Å².